The Labute approximate surface area is 113 Å². The number of fused-ring (bicyclic) bond motifs is 1. The molecule has 2 heterocycles. The van der Waals surface area contributed by atoms with Gasteiger partial charge >= 0.3 is 0 Å². The highest BCUT2D eigenvalue weighted by Gasteiger charge is 2.39. The van der Waals surface area contributed by atoms with E-state index >= 15 is 0 Å². The molecule has 18 heavy (non-hydrogen) atoms. The molecule has 1 aromatic carbocycles. The van der Waals surface area contributed by atoms with Gasteiger partial charge in [0.25, 0.3) is 0 Å². The van der Waals surface area contributed by atoms with Crippen molar-refractivity contribution in [3.63, 3.8) is 0 Å². The molecule has 2 aromatic rings. The fourth-order valence-electron chi connectivity index (χ4n) is 3.18. The zero-order valence-corrected chi connectivity index (χ0v) is 11.8. The molecule has 3 rings (SSSR count). The molecule has 1 aliphatic heterocycles. The van der Waals surface area contributed by atoms with Gasteiger partial charge in [-0.2, -0.15) is 0 Å². The summed E-state index contributed by atoms with van der Waals surface area (Å²) < 4.78 is 0. The zero-order valence-electron chi connectivity index (χ0n) is 11.0. The fraction of sp³-hybridized carbons (Fsp3) is 0.375. The van der Waals surface area contributed by atoms with Crippen LogP contribution in [0.2, 0.25) is 0 Å². The topological polar surface area (TPSA) is 3.24 Å². The smallest absolute Gasteiger partial charge is 0.0783 e. The molecule has 1 aromatic heterocycles. The second kappa shape index (κ2) is 4.52. The molecule has 0 amide bonds. The molecule has 1 nitrogen and oxygen atoms in total. The van der Waals surface area contributed by atoms with E-state index in [9.17, 15) is 0 Å². The lowest BCUT2D eigenvalue weighted by Crippen LogP contribution is -2.48. The summed E-state index contributed by atoms with van der Waals surface area (Å²) in [6.07, 6.45) is 1.17. The minimum Gasteiger partial charge on any atom is -0.289 e. The number of nitrogens with zero attached hydrogens (tertiary/aromatic N) is 1. The van der Waals surface area contributed by atoms with Crippen molar-refractivity contribution in [3.05, 3.63) is 57.8 Å². The third-order valence-electron chi connectivity index (χ3n) is 4.21. The summed E-state index contributed by atoms with van der Waals surface area (Å²) in [5, 5.41) is 2.19. The molecular weight excluding hydrogens is 238 g/mol. The molecule has 0 N–H and O–H groups in total. The first-order valence-corrected chi connectivity index (χ1v) is 7.52. The highest BCUT2D eigenvalue weighted by molar-refractivity contribution is 7.10. The molecule has 0 saturated carbocycles. The lowest BCUT2D eigenvalue weighted by Gasteiger charge is -2.45. The second-order valence-electron chi connectivity index (χ2n) is 5.04. The Morgan fingerprint density at radius 3 is 2.78 bits per heavy atom. The Morgan fingerprint density at radius 1 is 1.22 bits per heavy atom. The Kier molecular flexibility index (Phi) is 3.00. The SMILES string of the molecule is CCN1CCc2ccccc2C1(C)c1cccs1. The van der Waals surface area contributed by atoms with Crippen molar-refractivity contribution in [2.75, 3.05) is 13.1 Å². The molecule has 2 heteroatoms. The van der Waals surface area contributed by atoms with E-state index in [0.717, 1.165) is 13.1 Å². The number of rotatable bonds is 2. The van der Waals surface area contributed by atoms with Crippen LogP contribution in [0.25, 0.3) is 0 Å². The van der Waals surface area contributed by atoms with E-state index in [1.165, 1.54) is 22.4 Å². The predicted octanol–water partition coefficient (Wildman–Crippen LogP) is 3.89. The first kappa shape index (κ1) is 11.9. The predicted molar refractivity (Wildman–Crippen MR) is 78.2 cm³/mol. The van der Waals surface area contributed by atoms with Crippen LogP contribution in [0.1, 0.15) is 29.9 Å². The maximum atomic E-state index is 2.60. The molecule has 0 bridgehead atoms. The van der Waals surface area contributed by atoms with Crippen LogP contribution < -0.4 is 0 Å². The summed E-state index contributed by atoms with van der Waals surface area (Å²) >= 11 is 1.87. The summed E-state index contributed by atoms with van der Waals surface area (Å²) in [7, 11) is 0. The van der Waals surface area contributed by atoms with Gasteiger partial charge in [-0.15, -0.1) is 11.3 Å². The Bertz CT molecular complexity index is 532. The second-order valence-corrected chi connectivity index (χ2v) is 5.98. The lowest BCUT2D eigenvalue weighted by atomic mass is 9.81. The van der Waals surface area contributed by atoms with Crippen LogP contribution in [-0.2, 0) is 12.0 Å². The van der Waals surface area contributed by atoms with Gasteiger partial charge in [0.05, 0.1) is 5.54 Å². The first-order chi connectivity index (χ1) is 8.76. The molecule has 0 fully saturated rings. The highest BCUT2D eigenvalue weighted by atomic mass is 32.1. The van der Waals surface area contributed by atoms with Gasteiger partial charge in [0.15, 0.2) is 0 Å². The summed E-state index contributed by atoms with van der Waals surface area (Å²) in [4.78, 5) is 4.05. The molecule has 0 aliphatic carbocycles. The van der Waals surface area contributed by atoms with E-state index in [-0.39, 0.29) is 5.54 Å². The maximum Gasteiger partial charge on any atom is 0.0783 e. The molecule has 1 unspecified atom stereocenters. The lowest BCUT2D eigenvalue weighted by molar-refractivity contribution is 0.137. The number of thiophene rings is 1. The van der Waals surface area contributed by atoms with Crippen molar-refractivity contribution < 1.29 is 0 Å². The standard InChI is InChI=1S/C16H19NS/c1-3-17-11-10-13-7-4-5-8-14(13)16(17,2)15-9-6-12-18-15/h4-9,12H,3,10-11H2,1-2H3. The van der Waals surface area contributed by atoms with Gasteiger partial charge in [-0.1, -0.05) is 37.3 Å². The molecule has 94 valence electrons. The van der Waals surface area contributed by atoms with Crippen molar-refractivity contribution in [1.82, 2.24) is 4.90 Å². The minimum atomic E-state index is 0.0533. The third-order valence-corrected chi connectivity index (χ3v) is 5.29. The average Bonchev–Trinajstić information content (AvgIpc) is 2.94. The molecule has 0 radical (unpaired) electrons. The monoisotopic (exact) mass is 257 g/mol. The van der Waals surface area contributed by atoms with Crippen molar-refractivity contribution in [1.29, 1.82) is 0 Å². The van der Waals surface area contributed by atoms with Gasteiger partial charge in [-0.05, 0) is 42.5 Å². The van der Waals surface area contributed by atoms with E-state index in [4.69, 9.17) is 0 Å². The van der Waals surface area contributed by atoms with E-state index in [1.54, 1.807) is 0 Å². The van der Waals surface area contributed by atoms with Crippen LogP contribution >= 0.6 is 11.3 Å². The van der Waals surface area contributed by atoms with E-state index in [2.05, 4.69) is 60.5 Å². The molecule has 1 atom stereocenters. The van der Waals surface area contributed by atoms with E-state index < -0.39 is 0 Å². The molecule has 0 saturated heterocycles. The molecular formula is C16H19NS. The first-order valence-electron chi connectivity index (χ1n) is 6.64. The van der Waals surface area contributed by atoms with E-state index in [0.29, 0.717) is 0 Å². The van der Waals surface area contributed by atoms with Crippen molar-refractivity contribution in [3.8, 4) is 0 Å². The van der Waals surface area contributed by atoms with Crippen molar-refractivity contribution in [2.45, 2.75) is 25.8 Å². The summed E-state index contributed by atoms with van der Waals surface area (Å²) in [6.45, 7) is 6.89. The van der Waals surface area contributed by atoms with Gasteiger partial charge in [-0.25, -0.2) is 0 Å². The maximum absolute atomic E-state index is 2.60. The summed E-state index contributed by atoms with van der Waals surface area (Å²) in [5.74, 6) is 0. The molecule has 0 spiro atoms. The summed E-state index contributed by atoms with van der Waals surface area (Å²) in [5.41, 5.74) is 3.05. The number of benzene rings is 1. The van der Waals surface area contributed by atoms with Gasteiger partial charge in [0, 0.05) is 11.4 Å². The third kappa shape index (κ3) is 1.63. The average molecular weight is 257 g/mol. The summed E-state index contributed by atoms with van der Waals surface area (Å²) in [6, 6.07) is 13.4. The van der Waals surface area contributed by atoms with Crippen LogP contribution in [0, 0.1) is 0 Å². The normalized spacial score (nSPS) is 23.9. The van der Waals surface area contributed by atoms with E-state index in [1.807, 2.05) is 11.3 Å². The number of likely N-dealkylation sites (N-methyl/N-ethyl adjacent to an activating group) is 1. The van der Waals surface area contributed by atoms with Crippen LogP contribution in [-0.4, -0.2) is 18.0 Å². The van der Waals surface area contributed by atoms with Gasteiger partial charge < -0.3 is 0 Å². The van der Waals surface area contributed by atoms with Crippen molar-refractivity contribution in [2.24, 2.45) is 0 Å². The quantitative estimate of drug-likeness (QED) is 0.789. The van der Waals surface area contributed by atoms with Crippen LogP contribution in [0.3, 0.4) is 0 Å². The van der Waals surface area contributed by atoms with Crippen LogP contribution in [0.4, 0.5) is 0 Å². The Hall–Kier alpha value is -1.12. The Balaban J connectivity index is 2.20. The van der Waals surface area contributed by atoms with Crippen molar-refractivity contribution >= 4 is 11.3 Å². The zero-order chi connectivity index (χ0) is 12.6. The highest BCUT2D eigenvalue weighted by Crippen LogP contribution is 2.42. The van der Waals surface area contributed by atoms with Gasteiger partial charge in [0.2, 0.25) is 0 Å². The number of hydrogen-bond donors (Lipinski definition) is 0. The fourth-order valence-corrected chi connectivity index (χ4v) is 4.11. The largest absolute Gasteiger partial charge is 0.289 e. The van der Waals surface area contributed by atoms with Gasteiger partial charge in [0.1, 0.15) is 0 Å². The minimum absolute atomic E-state index is 0.0533. The Morgan fingerprint density at radius 2 is 2.06 bits per heavy atom. The van der Waals surface area contributed by atoms with Gasteiger partial charge in [-0.3, -0.25) is 4.90 Å². The van der Waals surface area contributed by atoms with Crippen LogP contribution in [0.5, 0.6) is 0 Å². The van der Waals surface area contributed by atoms with Crippen LogP contribution in [0.15, 0.2) is 41.8 Å². The number of hydrogen-bond acceptors (Lipinski definition) is 2. The molecule has 1 aliphatic rings.